The van der Waals surface area contributed by atoms with Crippen LogP contribution in [-0.4, -0.2) is 38.3 Å². The first kappa shape index (κ1) is 26.8. The van der Waals surface area contributed by atoms with Crippen molar-refractivity contribution in [1.82, 2.24) is 20.6 Å². The largest absolute Gasteiger partial charge is 0.496 e. The van der Waals surface area contributed by atoms with Crippen molar-refractivity contribution >= 4 is 23.2 Å². The van der Waals surface area contributed by atoms with E-state index in [4.69, 9.17) is 32.7 Å². The molecule has 0 aliphatic rings. The zero-order chi connectivity index (χ0) is 26.5. The van der Waals surface area contributed by atoms with Gasteiger partial charge in [0.1, 0.15) is 11.6 Å². The maximum absolute atomic E-state index is 14.9. The third-order valence-corrected chi connectivity index (χ3v) is 6.74. The summed E-state index contributed by atoms with van der Waals surface area (Å²) in [5.41, 5.74) is 5.05. The molecule has 0 aliphatic carbocycles. The predicted molar refractivity (Wildman–Crippen MR) is 147 cm³/mol. The van der Waals surface area contributed by atoms with Gasteiger partial charge in [0.05, 0.1) is 35.7 Å². The molecule has 2 N–H and O–H groups in total. The molecule has 4 aromatic rings. The summed E-state index contributed by atoms with van der Waals surface area (Å²) in [5.74, 6) is 0.526. The van der Waals surface area contributed by atoms with Crippen molar-refractivity contribution in [3.63, 3.8) is 0 Å². The molecule has 0 saturated heterocycles. The summed E-state index contributed by atoms with van der Waals surface area (Å²) in [6, 6.07) is 14.4. The molecule has 2 heterocycles. The van der Waals surface area contributed by atoms with Crippen LogP contribution in [0.5, 0.6) is 11.6 Å². The molecular formula is C28H27Cl2FN4O2. The third-order valence-electron chi connectivity index (χ3n) is 5.96. The number of methoxy groups -OCH3 is 2. The SMILES string of the molecule is CNCc1ccc(-c2cccc(-c3ccnc(-c4cc(F)c(CNC)c(OC)c4)c3Cl)c2Cl)nc1OC. The van der Waals surface area contributed by atoms with Gasteiger partial charge in [-0.25, -0.2) is 9.37 Å². The number of aromatic nitrogens is 2. The van der Waals surface area contributed by atoms with E-state index in [1.54, 1.807) is 32.5 Å². The molecule has 37 heavy (non-hydrogen) atoms. The highest BCUT2D eigenvalue weighted by atomic mass is 35.5. The van der Waals surface area contributed by atoms with Gasteiger partial charge in [-0.05, 0) is 38.4 Å². The molecule has 2 aromatic heterocycles. The van der Waals surface area contributed by atoms with Gasteiger partial charge in [-0.15, -0.1) is 0 Å². The highest BCUT2D eigenvalue weighted by Crippen LogP contribution is 2.42. The van der Waals surface area contributed by atoms with Crippen molar-refractivity contribution in [3.05, 3.63) is 81.7 Å². The maximum atomic E-state index is 14.9. The molecule has 2 aromatic carbocycles. The van der Waals surface area contributed by atoms with Crippen LogP contribution in [0.3, 0.4) is 0 Å². The second kappa shape index (κ2) is 11.9. The van der Waals surface area contributed by atoms with Crippen molar-refractivity contribution in [3.8, 4) is 45.3 Å². The monoisotopic (exact) mass is 540 g/mol. The number of ether oxygens (including phenoxy) is 2. The van der Waals surface area contributed by atoms with Gasteiger partial charge in [0.2, 0.25) is 5.88 Å². The summed E-state index contributed by atoms with van der Waals surface area (Å²) in [4.78, 5) is 9.10. The minimum atomic E-state index is -0.409. The molecule has 0 unspecified atom stereocenters. The van der Waals surface area contributed by atoms with Crippen LogP contribution in [0.2, 0.25) is 10.0 Å². The van der Waals surface area contributed by atoms with Crippen LogP contribution in [-0.2, 0) is 13.1 Å². The highest BCUT2D eigenvalue weighted by Gasteiger charge is 2.19. The van der Waals surface area contributed by atoms with E-state index in [2.05, 4.69) is 20.6 Å². The van der Waals surface area contributed by atoms with Crippen molar-refractivity contribution in [2.75, 3.05) is 28.3 Å². The predicted octanol–water partition coefficient (Wildman–Crippen LogP) is 6.38. The van der Waals surface area contributed by atoms with Gasteiger partial charge in [-0.2, -0.15) is 0 Å². The smallest absolute Gasteiger partial charge is 0.218 e. The Balaban J connectivity index is 1.81. The average Bonchev–Trinajstić information content (AvgIpc) is 2.91. The molecular weight excluding hydrogens is 514 g/mol. The molecule has 0 atom stereocenters. The fourth-order valence-corrected chi connectivity index (χ4v) is 4.84. The average molecular weight is 541 g/mol. The molecule has 9 heteroatoms. The van der Waals surface area contributed by atoms with Crippen LogP contribution < -0.4 is 20.1 Å². The summed E-state index contributed by atoms with van der Waals surface area (Å²) in [5, 5.41) is 6.88. The van der Waals surface area contributed by atoms with E-state index < -0.39 is 5.82 Å². The zero-order valence-corrected chi connectivity index (χ0v) is 22.5. The van der Waals surface area contributed by atoms with Crippen molar-refractivity contribution < 1.29 is 13.9 Å². The van der Waals surface area contributed by atoms with E-state index in [1.165, 1.54) is 13.2 Å². The first-order valence-electron chi connectivity index (χ1n) is 11.6. The van der Waals surface area contributed by atoms with Gasteiger partial charge >= 0.3 is 0 Å². The lowest BCUT2D eigenvalue weighted by Crippen LogP contribution is -2.09. The Morgan fingerprint density at radius 3 is 2.30 bits per heavy atom. The molecule has 0 spiro atoms. The number of hydrogen-bond donors (Lipinski definition) is 2. The Morgan fingerprint density at radius 1 is 0.865 bits per heavy atom. The lowest BCUT2D eigenvalue weighted by molar-refractivity contribution is 0.392. The van der Waals surface area contributed by atoms with E-state index in [0.717, 1.165) is 11.1 Å². The number of benzene rings is 2. The number of pyridine rings is 2. The maximum Gasteiger partial charge on any atom is 0.218 e. The van der Waals surface area contributed by atoms with Gasteiger partial charge < -0.3 is 20.1 Å². The zero-order valence-electron chi connectivity index (χ0n) is 21.0. The second-order valence-electron chi connectivity index (χ2n) is 8.25. The first-order chi connectivity index (χ1) is 17.9. The molecule has 4 rings (SSSR count). The number of nitrogens with zero attached hydrogens (tertiary/aromatic N) is 2. The number of hydrogen-bond acceptors (Lipinski definition) is 6. The normalized spacial score (nSPS) is 11.0. The lowest BCUT2D eigenvalue weighted by Gasteiger charge is -2.15. The van der Waals surface area contributed by atoms with Crippen LogP contribution in [0.25, 0.3) is 33.6 Å². The van der Waals surface area contributed by atoms with Crippen LogP contribution in [0.15, 0.2) is 54.7 Å². The highest BCUT2D eigenvalue weighted by molar-refractivity contribution is 6.39. The van der Waals surface area contributed by atoms with Crippen molar-refractivity contribution in [2.24, 2.45) is 0 Å². The van der Waals surface area contributed by atoms with E-state index in [1.807, 2.05) is 37.4 Å². The summed E-state index contributed by atoms with van der Waals surface area (Å²) in [6.45, 7) is 0.953. The van der Waals surface area contributed by atoms with Gasteiger partial charge in [0, 0.05) is 52.7 Å². The molecule has 0 amide bonds. The quantitative estimate of drug-likeness (QED) is 0.256. The minimum Gasteiger partial charge on any atom is -0.496 e. The van der Waals surface area contributed by atoms with Gasteiger partial charge in [0.15, 0.2) is 0 Å². The van der Waals surface area contributed by atoms with Crippen molar-refractivity contribution in [1.29, 1.82) is 0 Å². The third kappa shape index (κ3) is 5.40. The number of nitrogens with one attached hydrogen (secondary N) is 2. The summed E-state index contributed by atoms with van der Waals surface area (Å²) in [6.07, 6.45) is 1.62. The fourth-order valence-electron chi connectivity index (χ4n) is 4.19. The van der Waals surface area contributed by atoms with Gasteiger partial charge in [0.25, 0.3) is 0 Å². The molecule has 192 valence electrons. The van der Waals surface area contributed by atoms with E-state index >= 15 is 0 Å². The van der Waals surface area contributed by atoms with Crippen LogP contribution in [0.4, 0.5) is 4.39 Å². The Labute approximate surface area is 225 Å². The van der Waals surface area contributed by atoms with E-state index in [9.17, 15) is 4.39 Å². The Morgan fingerprint density at radius 2 is 1.59 bits per heavy atom. The molecule has 0 fully saturated rings. The Bertz CT molecular complexity index is 1430. The topological polar surface area (TPSA) is 68.3 Å². The van der Waals surface area contributed by atoms with E-state index in [0.29, 0.717) is 68.4 Å². The molecule has 0 radical (unpaired) electrons. The summed E-state index contributed by atoms with van der Waals surface area (Å²) < 4.78 is 25.8. The lowest BCUT2D eigenvalue weighted by atomic mass is 9.99. The number of rotatable bonds is 9. The summed E-state index contributed by atoms with van der Waals surface area (Å²) >= 11 is 13.8. The van der Waals surface area contributed by atoms with Crippen LogP contribution in [0.1, 0.15) is 11.1 Å². The molecule has 6 nitrogen and oxygen atoms in total. The van der Waals surface area contributed by atoms with Crippen LogP contribution >= 0.6 is 23.2 Å². The number of halogens is 3. The van der Waals surface area contributed by atoms with Gasteiger partial charge in [-0.3, -0.25) is 4.98 Å². The first-order valence-corrected chi connectivity index (χ1v) is 12.3. The Kier molecular flexibility index (Phi) is 8.61. The fraction of sp³-hybridized carbons (Fsp3) is 0.214. The molecule has 0 bridgehead atoms. The van der Waals surface area contributed by atoms with Gasteiger partial charge in [-0.1, -0.05) is 47.5 Å². The molecule has 0 aliphatic heterocycles. The van der Waals surface area contributed by atoms with E-state index in [-0.39, 0.29) is 0 Å². The standard InChI is InChI=1S/C28H27Cl2FN4O2/c1-32-14-16-8-9-23(35-28(16)37-4)20-7-5-6-18(25(20)29)19-10-11-34-27(26(19)30)17-12-22(31)21(15-33-2)24(13-17)36-3/h5-13,32-33H,14-15H2,1-4H3. The second-order valence-corrected chi connectivity index (χ2v) is 9.01. The minimum absolute atomic E-state index is 0.327. The summed E-state index contributed by atoms with van der Waals surface area (Å²) in [7, 11) is 6.70. The molecule has 0 saturated carbocycles. The van der Waals surface area contributed by atoms with Crippen LogP contribution in [0, 0.1) is 5.82 Å². The van der Waals surface area contributed by atoms with Crippen molar-refractivity contribution in [2.45, 2.75) is 13.1 Å². The Hall–Kier alpha value is -3.23.